The first-order valence-corrected chi connectivity index (χ1v) is 12.1. The molecule has 1 N–H and O–H groups in total. The zero-order valence-electron chi connectivity index (χ0n) is 18.4. The van der Waals surface area contributed by atoms with E-state index in [1.807, 2.05) is 14.0 Å². The molecule has 0 aliphatic heterocycles. The highest BCUT2D eigenvalue weighted by Crippen LogP contribution is 2.50. The molecule has 3 heteroatoms. The molecule has 0 spiro atoms. The van der Waals surface area contributed by atoms with E-state index in [9.17, 15) is 5.11 Å². The van der Waals surface area contributed by atoms with Gasteiger partial charge in [-0.25, -0.2) is 0 Å². The Kier molecular flexibility index (Phi) is 6.85. The summed E-state index contributed by atoms with van der Waals surface area (Å²) in [5.74, 6) is 3.64. The van der Waals surface area contributed by atoms with Crippen molar-refractivity contribution in [3.05, 3.63) is 11.1 Å². The first-order valence-electron chi connectivity index (χ1n) is 12.1. The van der Waals surface area contributed by atoms with Gasteiger partial charge in [0, 0.05) is 13.7 Å². The van der Waals surface area contributed by atoms with E-state index < -0.39 is 0 Å². The molecule has 0 saturated heterocycles. The van der Waals surface area contributed by atoms with Gasteiger partial charge in [-0.05, 0) is 94.3 Å². The first-order chi connectivity index (χ1) is 13.5. The fraction of sp³-hybridized carbons (Fsp3) is 0.920. The maximum absolute atomic E-state index is 10.0. The maximum Gasteiger partial charge on any atom is 0.0839 e. The molecule has 5 unspecified atom stereocenters. The quantitative estimate of drug-likeness (QED) is 0.629. The molecule has 0 heterocycles. The van der Waals surface area contributed by atoms with E-state index in [0.29, 0.717) is 17.9 Å². The molecule has 3 nitrogen and oxygen atoms in total. The lowest BCUT2D eigenvalue weighted by molar-refractivity contribution is -0.110. The normalized spacial score (nSPS) is 42.6. The van der Waals surface area contributed by atoms with Crippen LogP contribution in [0.1, 0.15) is 84.5 Å². The monoisotopic (exact) mass is 390 g/mol. The molecule has 0 aromatic carbocycles. The highest BCUT2D eigenvalue weighted by Gasteiger charge is 2.43. The van der Waals surface area contributed by atoms with Crippen LogP contribution in [0.3, 0.4) is 0 Å². The molecule has 28 heavy (non-hydrogen) atoms. The molecule has 4 rings (SSSR count). The van der Waals surface area contributed by atoms with Crippen molar-refractivity contribution in [3.63, 3.8) is 0 Å². The van der Waals surface area contributed by atoms with Crippen molar-refractivity contribution in [1.82, 2.24) is 0 Å². The summed E-state index contributed by atoms with van der Waals surface area (Å²) >= 11 is 0. The summed E-state index contributed by atoms with van der Waals surface area (Å²) in [5.41, 5.74) is 3.43. The number of allylic oxidation sites excluding steroid dienone is 2. The molecule has 4 aliphatic carbocycles. The van der Waals surface area contributed by atoms with Gasteiger partial charge in [0.15, 0.2) is 0 Å². The van der Waals surface area contributed by atoms with Gasteiger partial charge >= 0.3 is 0 Å². The lowest BCUT2D eigenvalue weighted by Gasteiger charge is -2.47. The van der Waals surface area contributed by atoms with Gasteiger partial charge in [0.1, 0.15) is 0 Å². The van der Waals surface area contributed by atoms with Gasteiger partial charge in [0.25, 0.3) is 0 Å². The van der Waals surface area contributed by atoms with Crippen molar-refractivity contribution < 1.29 is 14.6 Å². The highest BCUT2D eigenvalue weighted by atomic mass is 16.5. The van der Waals surface area contributed by atoms with E-state index >= 15 is 0 Å². The van der Waals surface area contributed by atoms with Crippen LogP contribution in [0.25, 0.3) is 0 Å². The largest absolute Gasteiger partial charge is 0.393 e. The Hall–Kier alpha value is -0.380. The van der Waals surface area contributed by atoms with Gasteiger partial charge in [-0.3, -0.25) is 0 Å². The summed E-state index contributed by atoms with van der Waals surface area (Å²) < 4.78 is 12.5. The molecule has 0 radical (unpaired) electrons. The van der Waals surface area contributed by atoms with E-state index in [1.54, 1.807) is 11.1 Å². The standard InChI is InChI=1S/C25H42O3/c1-16-4-6-18(7-5-16)15-28-25-13-21-9-8-20-12-19(17(2)26)10-11-22(20)23(21)14-24(25)27-3/h16-19,21,23-26H,4-15H2,1-3H3/t16?,17?,18?,19?,21?,23?,24?,25-/m1/s1. The maximum atomic E-state index is 10.0. The van der Waals surface area contributed by atoms with Gasteiger partial charge in [-0.2, -0.15) is 0 Å². The Morgan fingerprint density at radius 1 is 1.00 bits per heavy atom. The van der Waals surface area contributed by atoms with Crippen LogP contribution >= 0.6 is 0 Å². The van der Waals surface area contributed by atoms with Crippen LogP contribution in [0.2, 0.25) is 0 Å². The molecular formula is C25H42O3. The minimum atomic E-state index is -0.162. The summed E-state index contributed by atoms with van der Waals surface area (Å²) in [6.45, 7) is 5.30. The number of methoxy groups -OCH3 is 1. The van der Waals surface area contributed by atoms with Crippen LogP contribution in [-0.2, 0) is 9.47 Å². The van der Waals surface area contributed by atoms with Gasteiger partial charge in [0.2, 0.25) is 0 Å². The van der Waals surface area contributed by atoms with Crippen LogP contribution in [0, 0.1) is 29.6 Å². The van der Waals surface area contributed by atoms with Crippen LogP contribution in [0.15, 0.2) is 11.1 Å². The molecule has 0 amide bonds. The Labute approximate surface area is 172 Å². The van der Waals surface area contributed by atoms with Crippen molar-refractivity contribution >= 4 is 0 Å². The van der Waals surface area contributed by atoms with Crippen molar-refractivity contribution in [2.75, 3.05) is 13.7 Å². The molecule has 4 aliphatic rings. The SMILES string of the molecule is COC1CC2C3=C(CCC2C[C@H]1OCC1CCC(C)CC1)CC(C(C)O)CC3. The topological polar surface area (TPSA) is 38.7 Å². The van der Waals surface area contributed by atoms with Crippen LogP contribution < -0.4 is 0 Å². The summed E-state index contributed by atoms with van der Waals surface area (Å²) in [4.78, 5) is 0. The number of ether oxygens (including phenoxy) is 2. The average molecular weight is 391 g/mol. The predicted molar refractivity (Wildman–Crippen MR) is 113 cm³/mol. The zero-order valence-corrected chi connectivity index (χ0v) is 18.4. The Morgan fingerprint density at radius 3 is 2.50 bits per heavy atom. The van der Waals surface area contributed by atoms with Gasteiger partial charge in [-0.1, -0.05) is 30.9 Å². The molecule has 2 fully saturated rings. The molecular weight excluding hydrogens is 348 g/mol. The van der Waals surface area contributed by atoms with E-state index in [-0.39, 0.29) is 12.2 Å². The smallest absolute Gasteiger partial charge is 0.0839 e. The molecule has 0 aromatic heterocycles. The highest BCUT2D eigenvalue weighted by molar-refractivity contribution is 5.26. The van der Waals surface area contributed by atoms with Crippen molar-refractivity contribution in [1.29, 1.82) is 0 Å². The van der Waals surface area contributed by atoms with Crippen molar-refractivity contribution in [2.24, 2.45) is 29.6 Å². The Bertz CT molecular complexity index is 546. The predicted octanol–water partition coefficient (Wildman–Crippen LogP) is 5.51. The summed E-state index contributed by atoms with van der Waals surface area (Å²) in [7, 11) is 1.88. The van der Waals surface area contributed by atoms with Crippen LogP contribution in [-0.4, -0.2) is 37.1 Å². The second-order valence-electron chi connectivity index (χ2n) is 10.5. The molecule has 2 saturated carbocycles. The minimum absolute atomic E-state index is 0.162. The van der Waals surface area contributed by atoms with Crippen molar-refractivity contribution in [2.45, 2.75) is 103 Å². The van der Waals surface area contributed by atoms with Gasteiger partial charge < -0.3 is 14.6 Å². The second kappa shape index (κ2) is 9.18. The number of rotatable bonds is 5. The van der Waals surface area contributed by atoms with E-state index in [4.69, 9.17) is 9.47 Å². The second-order valence-corrected chi connectivity index (χ2v) is 10.5. The lowest BCUT2D eigenvalue weighted by Crippen LogP contribution is -2.45. The third-order valence-electron chi connectivity index (χ3n) is 8.68. The molecule has 160 valence electrons. The third kappa shape index (κ3) is 4.52. The summed E-state index contributed by atoms with van der Waals surface area (Å²) in [6.07, 6.45) is 14.2. The Balaban J connectivity index is 1.36. The molecule has 0 bridgehead atoms. The lowest BCUT2D eigenvalue weighted by atomic mass is 9.62. The van der Waals surface area contributed by atoms with Gasteiger partial charge in [0.05, 0.1) is 18.3 Å². The number of hydrogen-bond donors (Lipinski definition) is 1. The van der Waals surface area contributed by atoms with E-state index in [2.05, 4.69) is 6.92 Å². The number of aliphatic hydroxyl groups excluding tert-OH is 1. The van der Waals surface area contributed by atoms with E-state index in [0.717, 1.165) is 43.6 Å². The van der Waals surface area contributed by atoms with E-state index in [1.165, 1.54) is 51.4 Å². The number of hydrogen-bond acceptors (Lipinski definition) is 3. The fourth-order valence-corrected chi connectivity index (χ4v) is 6.68. The fourth-order valence-electron chi connectivity index (χ4n) is 6.68. The molecule has 6 atom stereocenters. The Morgan fingerprint density at radius 2 is 1.79 bits per heavy atom. The molecule has 0 aromatic rings. The summed E-state index contributed by atoms with van der Waals surface area (Å²) in [6, 6.07) is 0. The van der Waals surface area contributed by atoms with Crippen LogP contribution in [0.4, 0.5) is 0 Å². The summed E-state index contributed by atoms with van der Waals surface area (Å²) in [5, 5.41) is 10.0. The van der Waals surface area contributed by atoms with Crippen molar-refractivity contribution in [3.8, 4) is 0 Å². The van der Waals surface area contributed by atoms with Crippen LogP contribution in [0.5, 0.6) is 0 Å². The van der Waals surface area contributed by atoms with Gasteiger partial charge in [-0.15, -0.1) is 0 Å². The minimum Gasteiger partial charge on any atom is -0.393 e. The zero-order chi connectivity index (χ0) is 19.7. The average Bonchev–Trinajstić information content (AvgIpc) is 2.72. The third-order valence-corrected chi connectivity index (χ3v) is 8.68. The number of fused-ring (bicyclic) bond motifs is 2. The number of aliphatic hydroxyl groups is 1. The first kappa shape index (κ1) is 20.9.